The average molecular weight is 455 g/mol. The van der Waals surface area contributed by atoms with Crippen LogP contribution in [-0.2, 0) is 12.0 Å². The van der Waals surface area contributed by atoms with Crippen molar-refractivity contribution in [3.63, 3.8) is 0 Å². The highest BCUT2D eigenvalue weighted by atomic mass is 32.2. The van der Waals surface area contributed by atoms with E-state index in [1.165, 1.54) is 24.0 Å². The van der Waals surface area contributed by atoms with Crippen molar-refractivity contribution in [3.8, 4) is 17.5 Å². The zero-order chi connectivity index (χ0) is 23.0. The van der Waals surface area contributed by atoms with Crippen LogP contribution in [0.4, 0.5) is 22.0 Å². The van der Waals surface area contributed by atoms with Gasteiger partial charge in [-0.1, -0.05) is 6.92 Å². The molecular weight excluding hydrogens is 437 g/mol. The van der Waals surface area contributed by atoms with E-state index in [4.69, 9.17) is 0 Å². The number of halogens is 5. The summed E-state index contributed by atoms with van der Waals surface area (Å²) in [5, 5.41) is 9.37. The van der Waals surface area contributed by atoms with E-state index in [9.17, 15) is 27.2 Å². The third-order valence-corrected chi connectivity index (χ3v) is 5.60. The zero-order valence-corrected chi connectivity index (χ0v) is 17.7. The Bertz CT molecular complexity index is 1150. The molecule has 0 unspecified atom stereocenters. The Morgan fingerprint density at radius 2 is 1.77 bits per heavy atom. The van der Waals surface area contributed by atoms with Gasteiger partial charge in [-0.25, -0.2) is 4.98 Å². The molecule has 3 heterocycles. The Kier molecular flexibility index (Phi) is 5.97. The molecule has 0 atom stereocenters. The second-order valence-corrected chi connectivity index (χ2v) is 8.68. The number of imidazole rings is 1. The van der Waals surface area contributed by atoms with Crippen LogP contribution in [-0.4, -0.2) is 37.4 Å². The maximum absolute atomic E-state index is 13.4. The van der Waals surface area contributed by atoms with Crippen LogP contribution < -0.4 is 0 Å². The van der Waals surface area contributed by atoms with Crippen molar-refractivity contribution >= 4 is 22.8 Å². The molecule has 0 aliphatic rings. The van der Waals surface area contributed by atoms with E-state index in [2.05, 4.69) is 21.0 Å². The van der Waals surface area contributed by atoms with Crippen LogP contribution in [0.3, 0.4) is 0 Å². The Labute approximate surface area is 179 Å². The minimum atomic E-state index is -5.66. The lowest BCUT2D eigenvalue weighted by Crippen LogP contribution is -2.40. The van der Waals surface area contributed by atoms with Crippen molar-refractivity contribution in [2.75, 3.05) is 5.75 Å². The number of thioether (sulfide) groups is 1. The van der Waals surface area contributed by atoms with Crippen LogP contribution in [0.2, 0.25) is 0 Å². The van der Waals surface area contributed by atoms with Crippen molar-refractivity contribution in [2.24, 2.45) is 0 Å². The molecule has 0 bridgehead atoms. The number of nitrogens with zero attached hydrogens (tertiary/aromatic N) is 5. The summed E-state index contributed by atoms with van der Waals surface area (Å²) in [6, 6.07) is 5.57. The number of pyridine rings is 2. The normalized spacial score (nSPS) is 12.9. The summed E-state index contributed by atoms with van der Waals surface area (Å²) in [5.41, 5.74) is 1.18. The van der Waals surface area contributed by atoms with Gasteiger partial charge < -0.3 is 4.57 Å². The minimum Gasteiger partial charge on any atom is -0.323 e. The van der Waals surface area contributed by atoms with E-state index in [1.807, 2.05) is 13.0 Å². The fraction of sp³-hybridized carbons (Fsp3) is 0.400. The van der Waals surface area contributed by atoms with Gasteiger partial charge in [-0.05, 0) is 37.3 Å². The Morgan fingerprint density at radius 3 is 2.39 bits per heavy atom. The number of rotatable bonds is 6. The van der Waals surface area contributed by atoms with Gasteiger partial charge in [-0.3, -0.25) is 9.97 Å². The summed E-state index contributed by atoms with van der Waals surface area (Å²) < 4.78 is 65.2. The fourth-order valence-corrected chi connectivity index (χ4v) is 3.64. The Morgan fingerprint density at radius 1 is 1.06 bits per heavy atom. The lowest BCUT2D eigenvalue weighted by atomic mass is 9.87. The minimum absolute atomic E-state index is 0.0552. The Balaban J connectivity index is 2.02. The molecule has 11 heteroatoms. The highest BCUT2D eigenvalue weighted by molar-refractivity contribution is 7.99. The number of alkyl halides is 5. The first-order chi connectivity index (χ1) is 14.4. The zero-order valence-electron chi connectivity index (χ0n) is 16.8. The number of fused-ring (bicyclic) bond motifs is 1. The topological polar surface area (TPSA) is 67.4 Å². The van der Waals surface area contributed by atoms with E-state index >= 15 is 0 Å². The first-order valence-electron chi connectivity index (χ1n) is 9.20. The third-order valence-electron chi connectivity index (χ3n) is 4.69. The lowest BCUT2D eigenvalue weighted by Gasteiger charge is -2.20. The molecule has 0 aliphatic carbocycles. The summed E-state index contributed by atoms with van der Waals surface area (Å²) in [6.07, 6.45) is -1.94. The van der Waals surface area contributed by atoms with Crippen molar-refractivity contribution in [1.82, 2.24) is 19.5 Å². The standard InChI is InChI=1S/C20H18F5N5S/c1-4-31-16-5-12(18(2,3)9-26)7-28-17(16)14-6-13-15(8-27-14)30(11-29-13)10-19(21,22)20(23,24)25/h5-8,11H,4,10H2,1-3H3. The summed E-state index contributed by atoms with van der Waals surface area (Å²) in [5.74, 6) is -4.16. The molecule has 0 saturated heterocycles. The first kappa shape index (κ1) is 22.9. The third kappa shape index (κ3) is 4.49. The SMILES string of the molecule is CCSc1cc(C(C)(C)C#N)cnc1-c1cc2ncn(CC(F)(F)C(F)(F)F)c2cn1. The van der Waals surface area contributed by atoms with Gasteiger partial charge in [0.2, 0.25) is 0 Å². The van der Waals surface area contributed by atoms with E-state index < -0.39 is 24.1 Å². The second kappa shape index (κ2) is 8.07. The van der Waals surface area contributed by atoms with Gasteiger partial charge >= 0.3 is 12.1 Å². The van der Waals surface area contributed by atoms with E-state index in [0.717, 1.165) is 27.1 Å². The van der Waals surface area contributed by atoms with Gasteiger partial charge in [0.05, 0.1) is 47.3 Å². The molecule has 3 rings (SSSR count). The molecule has 0 fully saturated rings. The van der Waals surface area contributed by atoms with Crippen molar-refractivity contribution < 1.29 is 22.0 Å². The van der Waals surface area contributed by atoms with Crippen LogP contribution in [0.5, 0.6) is 0 Å². The molecule has 3 aromatic rings. The number of nitriles is 1. The predicted octanol–water partition coefficient (Wildman–Crippen LogP) is 5.60. The molecule has 0 aromatic carbocycles. The van der Waals surface area contributed by atoms with E-state index in [-0.39, 0.29) is 11.0 Å². The van der Waals surface area contributed by atoms with Crippen LogP contribution >= 0.6 is 11.8 Å². The van der Waals surface area contributed by atoms with Gasteiger partial charge in [-0.2, -0.15) is 27.2 Å². The molecule has 0 spiro atoms. The molecule has 0 aliphatic heterocycles. The van der Waals surface area contributed by atoms with Crippen molar-refractivity contribution in [3.05, 3.63) is 36.4 Å². The van der Waals surface area contributed by atoms with Crippen LogP contribution in [0.15, 0.2) is 35.7 Å². The lowest BCUT2D eigenvalue weighted by molar-refractivity contribution is -0.286. The van der Waals surface area contributed by atoms with Gasteiger partial charge in [0.1, 0.15) is 5.69 Å². The molecule has 3 aromatic heterocycles. The molecule has 5 nitrogen and oxygen atoms in total. The Hall–Kier alpha value is -2.74. The fourth-order valence-electron chi connectivity index (χ4n) is 2.82. The molecule has 164 valence electrons. The van der Waals surface area contributed by atoms with Crippen LogP contribution in [0, 0.1) is 11.3 Å². The number of hydrogen-bond acceptors (Lipinski definition) is 5. The average Bonchev–Trinajstić information content (AvgIpc) is 3.08. The molecule has 31 heavy (non-hydrogen) atoms. The summed E-state index contributed by atoms with van der Waals surface area (Å²) >= 11 is 1.50. The molecule has 0 radical (unpaired) electrons. The highest BCUT2D eigenvalue weighted by Crippen LogP contribution is 2.38. The van der Waals surface area contributed by atoms with Crippen molar-refractivity contribution in [1.29, 1.82) is 5.26 Å². The van der Waals surface area contributed by atoms with Gasteiger partial charge in [0.25, 0.3) is 0 Å². The predicted molar refractivity (Wildman–Crippen MR) is 107 cm³/mol. The molecular formula is C20H18F5N5S. The molecule has 0 N–H and O–H groups in total. The maximum atomic E-state index is 13.4. The van der Waals surface area contributed by atoms with Gasteiger partial charge in [0.15, 0.2) is 0 Å². The number of aromatic nitrogens is 4. The smallest absolute Gasteiger partial charge is 0.323 e. The second-order valence-electron chi connectivity index (χ2n) is 7.37. The van der Waals surface area contributed by atoms with E-state index in [0.29, 0.717) is 11.4 Å². The van der Waals surface area contributed by atoms with Crippen molar-refractivity contribution in [2.45, 2.75) is 49.7 Å². The largest absolute Gasteiger partial charge is 0.455 e. The number of hydrogen-bond donors (Lipinski definition) is 0. The molecule has 0 saturated carbocycles. The monoisotopic (exact) mass is 455 g/mol. The highest BCUT2D eigenvalue weighted by Gasteiger charge is 2.57. The summed E-state index contributed by atoms with van der Waals surface area (Å²) in [4.78, 5) is 13.4. The summed E-state index contributed by atoms with van der Waals surface area (Å²) in [6.45, 7) is 3.92. The molecule has 0 amide bonds. The summed E-state index contributed by atoms with van der Waals surface area (Å²) in [7, 11) is 0. The van der Waals surface area contributed by atoms with Crippen LogP contribution in [0.25, 0.3) is 22.4 Å². The van der Waals surface area contributed by atoms with Gasteiger partial charge in [0, 0.05) is 11.1 Å². The van der Waals surface area contributed by atoms with Gasteiger partial charge in [-0.15, -0.1) is 11.8 Å². The quantitative estimate of drug-likeness (QED) is 0.357. The maximum Gasteiger partial charge on any atom is 0.455 e. The van der Waals surface area contributed by atoms with E-state index in [1.54, 1.807) is 20.0 Å². The van der Waals surface area contributed by atoms with Crippen LogP contribution in [0.1, 0.15) is 26.3 Å². The first-order valence-corrected chi connectivity index (χ1v) is 10.2.